The lowest BCUT2D eigenvalue weighted by Crippen LogP contribution is -2.22. The second-order valence-electron chi connectivity index (χ2n) is 5.00. The minimum absolute atomic E-state index is 0.201. The second kappa shape index (κ2) is 5.79. The van der Waals surface area contributed by atoms with Gasteiger partial charge in [-0.1, -0.05) is 18.2 Å². The van der Waals surface area contributed by atoms with Gasteiger partial charge in [-0.05, 0) is 23.8 Å². The van der Waals surface area contributed by atoms with Crippen LogP contribution in [0.4, 0.5) is 0 Å². The molecule has 0 atom stereocenters. The Morgan fingerprint density at radius 1 is 1.05 bits per heavy atom. The van der Waals surface area contributed by atoms with Crippen molar-refractivity contribution >= 4 is 22.5 Å². The van der Waals surface area contributed by atoms with E-state index >= 15 is 0 Å². The van der Waals surface area contributed by atoms with Crippen LogP contribution >= 0.6 is 0 Å². The number of ketones is 2. The van der Waals surface area contributed by atoms with Crippen LogP contribution in [0.1, 0.15) is 26.4 Å². The number of benzene rings is 1. The third kappa shape index (κ3) is 2.34. The number of rotatable bonds is 4. The Kier molecular flexibility index (Phi) is 3.83. The fourth-order valence-corrected chi connectivity index (χ4v) is 2.68. The molecule has 0 unspecified atom stereocenters. The number of fused-ring (bicyclic) bond motifs is 2. The number of hydrogen-bond acceptors (Lipinski definition) is 5. The van der Waals surface area contributed by atoms with E-state index in [0.29, 0.717) is 17.5 Å². The van der Waals surface area contributed by atoms with Gasteiger partial charge in [0.05, 0.1) is 11.1 Å². The molecule has 1 aliphatic rings. The summed E-state index contributed by atoms with van der Waals surface area (Å²) in [5.74, 6) is -0.471. The molecule has 3 rings (SSSR count). The smallest absolute Gasteiger partial charge is 0.205 e. The summed E-state index contributed by atoms with van der Waals surface area (Å²) in [5.41, 5.74) is 1.97. The van der Waals surface area contributed by atoms with Gasteiger partial charge in [-0.15, -0.1) is 0 Å². The lowest BCUT2D eigenvalue weighted by Gasteiger charge is -2.19. The Morgan fingerprint density at radius 3 is 2.45 bits per heavy atom. The molecular weight excluding hydrogens is 282 g/mol. The summed E-state index contributed by atoms with van der Waals surface area (Å²) in [7, 11) is 3.08. The number of aromatic nitrogens is 1. The molecule has 0 saturated heterocycles. The highest BCUT2D eigenvalue weighted by atomic mass is 16.7. The molecule has 0 spiro atoms. The molecule has 0 radical (unpaired) electrons. The Balaban J connectivity index is 2.29. The molecule has 0 aliphatic heterocycles. The predicted octanol–water partition coefficient (Wildman–Crippen LogP) is 2.33. The maximum atomic E-state index is 12.3. The number of methoxy groups -OCH3 is 2. The van der Waals surface area contributed by atoms with E-state index in [4.69, 9.17) is 9.47 Å². The minimum atomic E-state index is -0.497. The normalized spacial score (nSPS) is 14.0. The monoisotopic (exact) mass is 297 g/mol. The van der Waals surface area contributed by atoms with Crippen LogP contribution in [-0.2, 0) is 15.9 Å². The van der Waals surface area contributed by atoms with E-state index in [0.717, 1.165) is 10.9 Å². The SMILES string of the molecule is COC(Cc1c2c(nc3ccccc13)C(=O)C=CC2=O)OC. The summed E-state index contributed by atoms with van der Waals surface area (Å²) in [6, 6.07) is 7.43. The van der Waals surface area contributed by atoms with Crippen molar-refractivity contribution in [1.29, 1.82) is 0 Å². The van der Waals surface area contributed by atoms with Gasteiger partial charge in [0.25, 0.3) is 0 Å². The Labute approximate surface area is 127 Å². The topological polar surface area (TPSA) is 65.5 Å². The number of pyridine rings is 1. The van der Waals surface area contributed by atoms with Crippen LogP contribution in [0.15, 0.2) is 36.4 Å². The molecule has 22 heavy (non-hydrogen) atoms. The first kappa shape index (κ1) is 14.6. The highest BCUT2D eigenvalue weighted by Gasteiger charge is 2.27. The van der Waals surface area contributed by atoms with Crippen molar-refractivity contribution < 1.29 is 19.1 Å². The lowest BCUT2D eigenvalue weighted by atomic mass is 9.90. The summed E-state index contributed by atoms with van der Waals surface area (Å²) in [6.07, 6.45) is 2.42. The van der Waals surface area contributed by atoms with Crippen molar-refractivity contribution in [2.45, 2.75) is 12.7 Å². The fraction of sp³-hybridized carbons (Fsp3) is 0.235. The molecule has 2 aromatic rings. The molecule has 1 aliphatic carbocycles. The van der Waals surface area contributed by atoms with Gasteiger partial charge in [0, 0.05) is 26.0 Å². The van der Waals surface area contributed by atoms with Gasteiger partial charge in [0.2, 0.25) is 5.78 Å². The number of ether oxygens (including phenoxy) is 2. The van der Waals surface area contributed by atoms with Crippen molar-refractivity contribution in [3.63, 3.8) is 0 Å². The maximum Gasteiger partial charge on any atom is 0.205 e. The zero-order valence-electron chi connectivity index (χ0n) is 12.3. The van der Waals surface area contributed by atoms with Gasteiger partial charge in [0.1, 0.15) is 5.69 Å². The van der Waals surface area contributed by atoms with E-state index < -0.39 is 6.29 Å². The summed E-state index contributed by atoms with van der Waals surface area (Å²) in [5, 5.41) is 0.830. The number of carbonyl (C=O) groups excluding carboxylic acids is 2. The molecular formula is C17H15NO4. The second-order valence-corrected chi connectivity index (χ2v) is 5.00. The number of hydrogen-bond donors (Lipinski definition) is 0. The molecule has 0 saturated carbocycles. The average Bonchev–Trinajstić information content (AvgIpc) is 2.55. The Hall–Kier alpha value is -2.37. The third-order valence-corrected chi connectivity index (χ3v) is 3.76. The molecule has 5 heteroatoms. The minimum Gasteiger partial charge on any atom is -0.356 e. The molecule has 112 valence electrons. The van der Waals surface area contributed by atoms with E-state index in [2.05, 4.69) is 4.98 Å². The van der Waals surface area contributed by atoms with E-state index in [1.165, 1.54) is 26.4 Å². The lowest BCUT2D eigenvalue weighted by molar-refractivity contribution is -0.100. The van der Waals surface area contributed by atoms with Crippen LogP contribution in [-0.4, -0.2) is 37.1 Å². The van der Waals surface area contributed by atoms with Crippen LogP contribution in [0.3, 0.4) is 0 Å². The third-order valence-electron chi connectivity index (χ3n) is 3.76. The van der Waals surface area contributed by atoms with Gasteiger partial charge in [-0.25, -0.2) is 4.98 Å². The molecule has 0 N–H and O–H groups in total. The van der Waals surface area contributed by atoms with E-state index in [-0.39, 0.29) is 17.3 Å². The fourth-order valence-electron chi connectivity index (χ4n) is 2.68. The first-order chi connectivity index (χ1) is 10.7. The van der Waals surface area contributed by atoms with E-state index in [1.54, 1.807) is 0 Å². The maximum absolute atomic E-state index is 12.3. The summed E-state index contributed by atoms with van der Waals surface area (Å²) in [4.78, 5) is 28.7. The van der Waals surface area contributed by atoms with Crippen molar-refractivity contribution in [3.05, 3.63) is 53.2 Å². The molecule has 0 amide bonds. The molecule has 1 aromatic carbocycles. The van der Waals surface area contributed by atoms with Gasteiger partial charge in [-0.2, -0.15) is 0 Å². The summed E-state index contributed by atoms with van der Waals surface area (Å²) < 4.78 is 10.5. The standard InChI is InChI=1S/C17H15NO4/c1-21-15(22-2)9-11-10-5-3-4-6-12(10)18-17-14(20)8-7-13(19)16(11)17/h3-8,15H,9H2,1-2H3. The van der Waals surface area contributed by atoms with E-state index in [9.17, 15) is 9.59 Å². The predicted molar refractivity (Wildman–Crippen MR) is 81.1 cm³/mol. The zero-order valence-corrected chi connectivity index (χ0v) is 12.3. The highest BCUT2D eigenvalue weighted by Crippen LogP contribution is 2.28. The van der Waals surface area contributed by atoms with Gasteiger partial charge in [-0.3, -0.25) is 9.59 Å². The van der Waals surface area contributed by atoms with Crippen LogP contribution in [0.5, 0.6) is 0 Å². The quantitative estimate of drug-likeness (QED) is 0.810. The largest absolute Gasteiger partial charge is 0.356 e. The molecule has 1 aromatic heterocycles. The van der Waals surface area contributed by atoms with Gasteiger partial charge in [0.15, 0.2) is 12.1 Å². The Morgan fingerprint density at radius 2 is 1.73 bits per heavy atom. The zero-order chi connectivity index (χ0) is 15.7. The van der Waals surface area contributed by atoms with Crippen molar-refractivity contribution in [2.24, 2.45) is 0 Å². The number of nitrogens with zero attached hydrogens (tertiary/aromatic N) is 1. The van der Waals surface area contributed by atoms with Crippen LogP contribution in [0.25, 0.3) is 10.9 Å². The van der Waals surface area contributed by atoms with Gasteiger partial charge < -0.3 is 9.47 Å². The first-order valence-electron chi connectivity index (χ1n) is 6.89. The molecule has 1 heterocycles. The highest BCUT2D eigenvalue weighted by molar-refractivity contribution is 6.23. The van der Waals surface area contributed by atoms with E-state index in [1.807, 2.05) is 24.3 Å². The molecule has 0 fully saturated rings. The van der Waals surface area contributed by atoms with Crippen molar-refractivity contribution in [2.75, 3.05) is 14.2 Å². The first-order valence-corrected chi connectivity index (χ1v) is 6.89. The summed E-state index contributed by atoms with van der Waals surface area (Å²) in [6.45, 7) is 0. The molecule has 0 bridgehead atoms. The average molecular weight is 297 g/mol. The van der Waals surface area contributed by atoms with Crippen molar-refractivity contribution in [3.8, 4) is 0 Å². The number of carbonyl (C=O) groups is 2. The Bertz CT molecular complexity index is 791. The van der Waals surface area contributed by atoms with Crippen LogP contribution in [0.2, 0.25) is 0 Å². The van der Waals surface area contributed by atoms with Crippen LogP contribution in [0, 0.1) is 0 Å². The summed E-state index contributed by atoms with van der Waals surface area (Å²) >= 11 is 0. The van der Waals surface area contributed by atoms with Gasteiger partial charge >= 0.3 is 0 Å². The van der Waals surface area contributed by atoms with Crippen molar-refractivity contribution in [1.82, 2.24) is 4.98 Å². The number of para-hydroxylation sites is 1. The number of allylic oxidation sites excluding steroid dienone is 2. The van der Waals surface area contributed by atoms with Crippen LogP contribution < -0.4 is 0 Å². The molecule has 5 nitrogen and oxygen atoms in total.